The maximum atomic E-state index is 12.2. The number of nitrogens with zero attached hydrogens (tertiary/aromatic N) is 2. The molecule has 0 aromatic heterocycles. The average Bonchev–Trinajstić information content (AvgIpc) is 2.53. The van der Waals surface area contributed by atoms with Gasteiger partial charge in [-0.3, -0.25) is 0 Å². The summed E-state index contributed by atoms with van der Waals surface area (Å²) in [4.78, 5) is 13.1. The standard InChI is InChI=1S/C15H18N2O3S/c16-10-13-3-5-15(6-4-13)21(19,20)9-8-17-7-1-2-14(11-17)12-18/h3-6,12,14H,1-2,7-9,11H2. The molecule has 1 heterocycles. The van der Waals surface area contributed by atoms with Crippen LogP contribution >= 0.6 is 0 Å². The predicted molar refractivity (Wildman–Crippen MR) is 78.4 cm³/mol. The van der Waals surface area contributed by atoms with Crippen LogP contribution in [-0.2, 0) is 14.6 Å². The molecule has 0 radical (unpaired) electrons. The van der Waals surface area contributed by atoms with Crippen molar-refractivity contribution in [3.8, 4) is 6.07 Å². The number of piperidine rings is 1. The lowest BCUT2D eigenvalue weighted by Gasteiger charge is -2.29. The van der Waals surface area contributed by atoms with E-state index < -0.39 is 9.84 Å². The topological polar surface area (TPSA) is 78.2 Å². The lowest BCUT2D eigenvalue weighted by molar-refractivity contribution is -0.112. The molecule has 1 aromatic carbocycles. The zero-order chi connectivity index (χ0) is 15.3. The Bertz CT molecular complexity index is 632. The van der Waals surface area contributed by atoms with Gasteiger partial charge in [0, 0.05) is 19.0 Å². The summed E-state index contributed by atoms with van der Waals surface area (Å²) in [5.74, 6) is 0.0566. The van der Waals surface area contributed by atoms with Crippen LogP contribution in [0, 0.1) is 17.2 Å². The fraction of sp³-hybridized carbons (Fsp3) is 0.467. The van der Waals surface area contributed by atoms with E-state index in [1.165, 1.54) is 24.3 Å². The maximum absolute atomic E-state index is 12.2. The van der Waals surface area contributed by atoms with Crippen LogP contribution < -0.4 is 0 Å². The number of nitriles is 1. The maximum Gasteiger partial charge on any atom is 0.179 e. The summed E-state index contributed by atoms with van der Waals surface area (Å²) in [5.41, 5.74) is 0.443. The largest absolute Gasteiger partial charge is 0.303 e. The van der Waals surface area contributed by atoms with Crippen molar-refractivity contribution in [2.75, 3.05) is 25.4 Å². The number of hydrogen-bond acceptors (Lipinski definition) is 5. The van der Waals surface area contributed by atoms with Crippen molar-refractivity contribution in [2.24, 2.45) is 5.92 Å². The highest BCUT2D eigenvalue weighted by Crippen LogP contribution is 2.16. The minimum Gasteiger partial charge on any atom is -0.303 e. The van der Waals surface area contributed by atoms with Gasteiger partial charge in [0.25, 0.3) is 0 Å². The molecule has 1 unspecified atom stereocenters. The molecule has 0 saturated carbocycles. The Morgan fingerprint density at radius 3 is 2.67 bits per heavy atom. The average molecular weight is 306 g/mol. The van der Waals surface area contributed by atoms with Crippen molar-refractivity contribution in [3.63, 3.8) is 0 Å². The molecule has 0 aliphatic carbocycles. The van der Waals surface area contributed by atoms with Crippen LogP contribution in [0.4, 0.5) is 0 Å². The van der Waals surface area contributed by atoms with Crippen molar-refractivity contribution in [2.45, 2.75) is 17.7 Å². The summed E-state index contributed by atoms with van der Waals surface area (Å²) in [6.45, 7) is 1.92. The normalized spacial score (nSPS) is 19.9. The summed E-state index contributed by atoms with van der Waals surface area (Å²) in [6, 6.07) is 7.93. The monoisotopic (exact) mass is 306 g/mol. The fourth-order valence-corrected chi connectivity index (χ4v) is 3.79. The lowest BCUT2D eigenvalue weighted by Crippen LogP contribution is -2.38. The Hall–Kier alpha value is -1.71. The highest BCUT2D eigenvalue weighted by atomic mass is 32.2. The molecule has 0 amide bonds. The number of carbonyl (C=O) groups is 1. The fourth-order valence-electron chi connectivity index (χ4n) is 2.51. The molecule has 0 N–H and O–H groups in total. The van der Waals surface area contributed by atoms with E-state index >= 15 is 0 Å². The van der Waals surface area contributed by atoms with Gasteiger partial charge in [-0.25, -0.2) is 8.42 Å². The summed E-state index contributed by atoms with van der Waals surface area (Å²) in [7, 11) is -3.35. The summed E-state index contributed by atoms with van der Waals surface area (Å²) < 4.78 is 24.5. The van der Waals surface area contributed by atoms with E-state index in [1.54, 1.807) is 0 Å². The molecule has 0 bridgehead atoms. The molecule has 1 fully saturated rings. The van der Waals surface area contributed by atoms with Crippen molar-refractivity contribution in [1.29, 1.82) is 5.26 Å². The number of likely N-dealkylation sites (tertiary alicyclic amines) is 1. The third kappa shape index (κ3) is 4.13. The molecular weight excluding hydrogens is 288 g/mol. The van der Waals surface area contributed by atoms with E-state index in [1.807, 2.05) is 11.0 Å². The Labute approximate surface area is 125 Å². The van der Waals surface area contributed by atoms with Gasteiger partial charge >= 0.3 is 0 Å². The highest BCUT2D eigenvalue weighted by molar-refractivity contribution is 7.91. The van der Waals surface area contributed by atoms with E-state index in [4.69, 9.17) is 5.26 Å². The molecular formula is C15H18N2O3S. The zero-order valence-corrected chi connectivity index (χ0v) is 12.6. The first-order chi connectivity index (χ1) is 10.0. The summed E-state index contributed by atoms with van der Waals surface area (Å²) >= 11 is 0. The Morgan fingerprint density at radius 1 is 1.33 bits per heavy atom. The smallest absolute Gasteiger partial charge is 0.179 e. The minimum atomic E-state index is -3.35. The second kappa shape index (κ2) is 6.83. The van der Waals surface area contributed by atoms with Gasteiger partial charge in [-0.15, -0.1) is 0 Å². The van der Waals surface area contributed by atoms with E-state index in [2.05, 4.69) is 0 Å². The minimum absolute atomic E-state index is 0.0244. The van der Waals surface area contributed by atoms with Gasteiger partial charge in [0.05, 0.1) is 22.3 Å². The molecule has 0 spiro atoms. The molecule has 1 saturated heterocycles. The van der Waals surface area contributed by atoms with Crippen molar-refractivity contribution >= 4 is 16.1 Å². The third-order valence-electron chi connectivity index (χ3n) is 3.75. The quantitative estimate of drug-likeness (QED) is 0.765. The molecule has 6 heteroatoms. The molecule has 112 valence electrons. The number of rotatable bonds is 5. The third-order valence-corrected chi connectivity index (χ3v) is 5.46. The van der Waals surface area contributed by atoms with Gasteiger partial charge in [-0.2, -0.15) is 5.26 Å². The Kier molecular flexibility index (Phi) is 5.10. The van der Waals surface area contributed by atoms with Gasteiger partial charge in [-0.05, 0) is 43.7 Å². The highest BCUT2D eigenvalue weighted by Gasteiger charge is 2.22. The Balaban J connectivity index is 1.97. The zero-order valence-electron chi connectivity index (χ0n) is 11.7. The second-order valence-corrected chi connectivity index (χ2v) is 7.40. The SMILES string of the molecule is N#Cc1ccc(S(=O)(=O)CCN2CCCC(C=O)C2)cc1. The molecule has 1 aliphatic heterocycles. The molecule has 2 rings (SSSR count). The van der Waals surface area contributed by atoms with Crippen molar-refractivity contribution in [3.05, 3.63) is 29.8 Å². The van der Waals surface area contributed by atoms with Crippen LogP contribution in [0.1, 0.15) is 18.4 Å². The molecule has 1 atom stereocenters. The number of sulfone groups is 1. The van der Waals surface area contributed by atoms with Crippen LogP contribution in [0.2, 0.25) is 0 Å². The van der Waals surface area contributed by atoms with Crippen LogP contribution in [-0.4, -0.2) is 45.0 Å². The van der Waals surface area contributed by atoms with Crippen molar-refractivity contribution in [1.82, 2.24) is 4.90 Å². The first-order valence-electron chi connectivity index (χ1n) is 6.96. The summed E-state index contributed by atoms with van der Waals surface area (Å²) in [6.07, 6.45) is 2.78. The molecule has 1 aliphatic rings. The van der Waals surface area contributed by atoms with E-state index in [-0.39, 0.29) is 16.6 Å². The number of aldehydes is 1. The van der Waals surface area contributed by atoms with E-state index in [0.717, 1.165) is 25.7 Å². The lowest BCUT2D eigenvalue weighted by atomic mass is 10.00. The van der Waals surface area contributed by atoms with Crippen molar-refractivity contribution < 1.29 is 13.2 Å². The predicted octanol–water partition coefficient (Wildman–Crippen LogP) is 1.24. The van der Waals surface area contributed by atoms with Gasteiger partial charge < -0.3 is 9.69 Å². The molecule has 1 aromatic rings. The van der Waals surface area contributed by atoms with Crippen LogP contribution in [0.25, 0.3) is 0 Å². The number of carbonyl (C=O) groups excluding carboxylic acids is 1. The van der Waals surface area contributed by atoms with Crippen LogP contribution in [0.3, 0.4) is 0 Å². The van der Waals surface area contributed by atoms with Crippen LogP contribution in [0.15, 0.2) is 29.2 Å². The van der Waals surface area contributed by atoms with Gasteiger partial charge in [0.15, 0.2) is 9.84 Å². The molecule has 5 nitrogen and oxygen atoms in total. The first-order valence-corrected chi connectivity index (χ1v) is 8.61. The van der Waals surface area contributed by atoms with Gasteiger partial charge in [0.1, 0.15) is 6.29 Å². The number of hydrogen-bond donors (Lipinski definition) is 0. The van der Waals surface area contributed by atoms with Gasteiger partial charge in [-0.1, -0.05) is 0 Å². The van der Waals surface area contributed by atoms with Gasteiger partial charge in [0.2, 0.25) is 0 Å². The number of benzene rings is 1. The first kappa shape index (κ1) is 15.7. The summed E-state index contributed by atoms with van der Waals surface area (Å²) in [5, 5.41) is 8.72. The van der Waals surface area contributed by atoms with Crippen LogP contribution in [0.5, 0.6) is 0 Å². The van der Waals surface area contributed by atoms with E-state index in [0.29, 0.717) is 18.7 Å². The second-order valence-electron chi connectivity index (χ2n) is 5.29. The molecule has 21 heavy (non-hydrogen) atoms. The Morgan fingerprint density at radius 2 is 2.05 bits per heavy atom. The van der Waals surface area contributed by atoms with E-state index in [9.17, 15) is 13.2 Å².